The van der Waals surface area contributed by atoms with Crippen LogP contribution < -0.4 is 5.73 Å². The molecule has 0 radical (unpaired) electrons. The Morgan fingerprint density at radius 2 is 1.95 bits per heavy atom. The normalized spacial score (nSPS) is 10.5. The lowest BCUT2D eigenvalue weighted by Crippen LogP contribution is -2.32. The molecule has 0 aliphatic rings. The number of nitrogens with two attached hydrogens (primary N) is 1. The van der Waals surface area contributed by atoms with Crippen LogP contribution in [-0.2, 0) is 11.3 Å². The molecule has 0 unspecified atom stereocenters. The summed E-state index contributed by atoms with van der Waals surface area (Å²) in [5.41, 5.74) is 6.39. The van der Waals surface area contributed by atoms with Crippen LogP contribution in [0, 0.1) is 5.82 Å². The van der Waals surface area contributed by atoms with E-state index in [-0.39, 0.29) is 11.7 Å². The Kier molecular flexibility index (Phi) is 7.11. The van der Waals surface area contributed by atoms with E-state index < -0.39 is 0 Å². The summed E-state index contributed by atoms with van der Waals surface area (Å²) in [5, 5.41) is 0. The molecule has 1 aromatic rings. The van der Waals surface area contributed by atoms with Gasteiger partial charge in [-0.1, -0.05) is 31.9 Å². The largest absolute Gasteiger partial charge is 0.338 e. The molecule has 0 heterocycles. The molecule has 0 saturated carbocycles. The van der Waals surface area contributed by atoms with Crippen molar-refractivity contribution in [3.63, 3.8) is 0 Å². The van der Waals surface area contributed by atoms with Crippen molar-refractivity contribution in [1.29, 1.82) is 0 Å². The molecule has 1 aromatic carbocycles. The quantitative estimate of drug-likeness (QED) is 0.735. The standard InChI is InChI=1S/C15H23FN2O/c1-2-3-4-11-18(15(19)9-10-17)12-13-5-7-14(16)8-6-13/h5-8H,2-4,9-12,17H2,1H3. The van der Waals surface area contributed by atoms with Crippen molar-refractivity contribution in [3.8, 4) is 0 Å². The molecule has 0 spiro atoms. The molecule has 0 fully saturated rings. The van der Waals surface area contributed by atoms with Crippen LogP contribution in [0.4, 0.5) is 4.39 Å². The molecule has 0 aliphatic heterocycles. The molecule has 19 heavy (non-hydrogen) atoms. The van der Waals surface area contributed by atoms with E-state index >= 15 is 0 Å². The first-order valence-electron chi connectivity index (χ1n) is 6.89. The van der Waals surface area contributed by atoms with Gasteiger partial charge in [-0.15, -0.1) is 0 Å². The number of nitrogens with zero attached hydrogens (tertiary/aromatic N) is 1. The highest BCUT2D eigenvalue weighted by atomic mass is 19.1. The number of hydrogen-bond donors (Lipinski definition) is 1. The number of unbranched alkanes of at least 4 members (excludes halogenated alkanes) is 2. The zero-order chi connectivity index (χ0) is 14.1. The summed E-state index contributed by atoms with van der Waals surface area (Å²) in [4.78, 5) is 13.8. The minimum atomic E-state index is -0.255. The Balaban J connectivity index is 2.61. The smallest absolute Gasteiger partial charge is 0.224 e. The van der Waals surface area contributed by atoms with Gasteiger partial charge in [0, 0.05) is 26.1 Å². The summed E-state index contributed by atoms with van der Waals surface area (Å²) < 4.78 is 12.9. The third-order valence-corrected chi connectivity index (χ3v) is 3.03. The van der Waals surface area contributed by atoms with Gasteiger partial charge in [0.1, 0.15) is 5.82 Å². The van der Waals surface area contributed by atoms with Gasteiger partial charge >= 0.3 is 0 Å². The van der Waals surface area contributed by atoms with E-state index in [1.54, 1.807) is 12.1 Å². The van der Waals surface area contributed by atoms with Crippen LogP contribution in [0.2, 0.25) is 0 Å². The van der Waals surface area contributed by atoms with E-state index in [0.29, 0.717) is 19.5 Å². The third kappa shape index (κ3) is 5.83. The Morgan fingerprint density at radius 3 is 2.53 bits per heavy atom. The molecule has 0 saturated heterocycles. The summed E-state index contributed by atoms with van der Waals surface area (Å²) in [6, 6.07) is 6.29. The molecule has 0 atom stereocenters. The lowest BCUT2D eigenvalue weighted by Gasteiger charge is -2.22. The minimum Gasteiger partial charge on any atom is -0.338 e. The number of halogens is 1. The van der Waals surface area contributed by atoms with Gasteiger partial charge in [-0.25, -0.2) is 4.39 Å². The van der Waals surface area contributed by atoms with Crippen molar-refractivity contribution in [2.75, 3.05) is 13.1 Å². The van der Waals surface area contributed by atoms with Gasteiger partial charge in [-0.3, -0.25) is 4.79 Å². The van der Waals surface area contributed by atoms with Crippen molar-refractivity contribution < 1.29 is 9.18 Å². The molecule has 0 bridgehead atoms. The highest BCUT2D eigenvalue weighted by molar-refractivity contribution is 5.76. The number of carbonyl (C=O) groups excluding carboxylic acids is 1. The number of benzene rings is 1. The number of rotatable bonds is 8. The number of amides is 1. The van der Waals surface area contributed by atoms with E-state index in [1.807, 2.05) is 4.90 Å². The summed E-state index contributed by atoms with van der Waals surface area (Å²) >= 11 is 0. The Hall–Kier alpha value is -1.42. The second kappa shape index (κ2) is 8.64. The van der Waals surface area contributed by atoms with Gasteiger partial charge in [0.25, 0.3) is 0 Å². The molecule has 1 amide bonds. The summed E-state index contributed by atoms with van der Waals surface area (Å²) in [5.74, 6) is -0.183. The van der Waals surface area contributed by atoms with Crippen molar-refractivity contribution in [2.45, 2.75) is 39.2 Å². The van der Waals surface area contributed by atoms with Crippen LogP contribution in [0.5, 0.6) is 0 Å². The van der Waals surface area contributed by atoms with Gasteiger partial charge in [-0.2, -0.15) is 0 Å². The molecule has 4 heteroatoms. The van der Waals surface area contributed by atoms with Gasteiger partial charge in [-0.05, 0) is 24.1 Å². The van der Waals surface area contributed by atoms with Crippen molar-refractivity contribution >= 4 is 5.91 Å². The molecular formula is C15H23FN2O. The second-order valence-corrected chi connectivity index (χ2v) is 4.69. The Morgan fingerprint density at radius 1 is 1.26 bits per heavy atom. The van der Waals surface area contributed by atoms with Gasteiger partial charge in [0.15, 0.2) is 0 Å². The maximum atomic E-state index is 12.9. The zero-order valence-corrected chi connectivity index (χ0v) is 11.6. The monoisotopic (exact) mass is 266 g/mol. The summed E-state index contributed by atoms with van der Waals surface area (Å²) in [6.07, 6.45) is 3.59. The summed E-state index contributed by atoms with van der Waals surface area (Å²) in [7, 11) is 0. The average molecular weight is 266 g/mol. The highest BCUT2D eigenvalue weighted by Crippen LogP contribution is 2.09. The second-order valence-electron chi connectivity index (χ2n) is 4.69. The van der Waals surface area contributed by atoms with Crippen LogP contribution >= 0.6 is 0 Å². The molecule has 0 aromatic heterocycles. The zero-order valence-electron chi connectivity index (χ0n) is 11.6. The number of carbonyl (C=O) groups is 1. The lowest BCUT2D eigenvalue weighted by atomic mass is 10.1. The first kappa shape index (κ1) is 15.6. The van der Waals surface area contributed by atoms with E-state index in [1.165, 1.54) is 12.1 Å². The molecular weight excluding hydrogens is 243 g/mol. The van der Waals surface area contributed by atoms with E-state index in [9.17, 15) is 9.18 Å². The minimum absolute atomic E-state index is 0.0722. The lowest BCUT2D eigenvalue weighted by molar-refractivity contribution is -0.131. The van der Waals surface area contributed by atoms with E-state index in [2.05, 4.69) is 6.92 Å². The van der Waals surface area contributed by atoms with Gasteiger partial charge in [0.05, 0.1) is 0 Å². The highest BCUT2D eigenvalue weighted by Gasteiger charge is 2.12. The Bertz CT molecular complexity index is 378. The van der Waals surface area contributed by atoms with Crippen LogP contribution in [-0.4, -0.2) is 23.9 Å². The maximum Gasteiger partial charge on any atom is 0.224 e. The maximum absolute atomic E-state index is 12.9. The fourth-order valence-corrected chi connectivity index (χ4v) is 1.94. The van der Waals surface area contributed by atoms with Crippen LogP contribution in [0.1, 0.15) is 38.2 Å². The van der Waals surface area contributed by atoms with Crippen LogP contribution in [0.15, 0.2) is 24.3 Å². The van der Waals surface area contributed by atoms with Crippen molar-refractivity contribution in [2.24, 2.45) is 5.73 Å². The first-order chi connectivity index (χ1) is 9.17. The predicted molar refractivity (Wildman–Crippen MR) is 75.0 cm³/mol. The third-order valence-electron chi connectivity index (χ3n) is 3.03. The van der Waals surface area contributed by atoms with Crippen molar-refractivity contribution in [3.05, 3.63) is 35.6 Å². The van der Waals surface area contributed by atoms with E-state index in [0.717, 1.165) is 31.4 Å². The molecule has 0 aliphatic carbocycles. The van der Waals surface area contributed by atoms with E-state index in [4.69, 9.17) is 5.73 Å². The average Bonchev–Trinajstić information content (AvgIpc) is 2.40. The summed E-state index contributed by atoms with van der Waals surface area (Å²) in [6.45, 7) is 3.77. The SMILES string of the molecule is CCCCCN(Cc1ccc(F)cc1)C(=O)CCN. The van der Waals surface area contributed by atoms with Crippen LogP contribution in [0.25, 0.3) is 0 Å². The van der Waals surface area contributed by atoms with Crippen molar-refractivity contribution in [1.82, 2.24) is 4.90 Å². The topological polar surface area (TPSA) is 46.3 Å². The molecule has 3 nitrogen and oxygen atoms in total. The first-order valence-corrected chi connectivity index (χ1v) is 6.89. The Labute approximate surface area is 114 Å². The predicted octanol–water partition coefficient (Wildman–Crippen LogP) is 2.69. The molecule has 2 N–H and O–H groups in total. The molecule has 1 rings (SSSR count). The van der Waals surface area contributed by atoms with Gasteiger partial charge < -0.3 is 10.6 Å². The van der Waals surface area contributed by atoms with Gasteiger partial charge in [0.2, 0.25) is 5.91 Å². The number of hydrogen-bond acceptors (Lipinski definition) is 2. The van der Waals surface area contributed by atoms with Crippen LogP contribution in [0.3, 0.4) is 0 Å². The fourth-order valence-electron chi connectivity index (χ4n) is 1.94. The molecule has 106 valence electrons. The fraction of sp³-hybridized carbons (Fsp3) is 0.533.